The lowest BCUT2D eigenvalue weighted by Gasteiger charge is -2.34. The van der Waals surface area contributed by atoms with E-state index in [0.717, 1.165) is 29.9 Å². The highest BCUT2D eigenvalue weighted by atomic mass is 16.3. The summed E-state index contributed by atoms with van der Waals surface area (Å²) in [6.07, 6.45) is 3.42. The Hall–Kier alpha value is -1.55. The van der Waals surface area contributed by atoms with Crippen molar-refractivity contribution < 1.29 is 5.11 Å². The van der Waals surface area contributed by atoms with Crippen LogP contribution in [0.4, 0.5) is 5.95 Å². The molecule has 0 unspecified atom stereocenters. The number of aromatic amines is 1. The number of benzene rings is 1. The molecule has 1 aliphatic heterocycles. The van der Waals surface area contributed by atoms with Gasteiger partial charge in [0.05, 0.1) is 23.7 Å². The van der Waals surface area contributed by atoms with Gasteiger partial charge in [0.15, 0.2) is 0 Å². The maximum atomic E-state index is 9.41. The van der Waals surface area contributed by atoms with Gasteiger partial charge in [-0.25, -0.2) is 4.98 Å². The lowest BCUT2D eigenvalue weighted by molar-refractivity contribution is 0.239. The van der Waals surface area contributed by atoms with E-state index in [-0.39, 0.29) is 12.6 Å². The molecule has 4 nitrogen and oxygen atoms in total. The first-order chi connectivity index (χ1) is 8.38. The average Bonchev–Trinajstić information content (AvgIpc) is 2.82. The monoisotopic (exact) mass is 231 g/mol. The SMILES string of the molecule is OC[C@H]1CCCCN1c1nc2ccccc2[nH]1. The normalized spacial score (nSPS) is 21.0. The Morgan fingerprint density at radius 1 is 1.35 bits per heavy atom. The second-order valence-corrected chi connectivity index (χ2v) is 4.60. The summed E-state index contributed by atoms with van der Waals surface area (Å²) < 4.78 is 0. The fraction of sp³-hybridized carbons (Fsp3) is 0.462. The van der Waals surface area contributed by atoms with Crippen LogP contribution in [-0.2, 0) is 0 Å². The number of hydrogen-bond donors (Lipinski definition) is 2. The number of aromatic nitrogens is 2. The van der Waals surface area contributed by atoms with Crippen LogP contribution in [0.3, 0.4) is 0 Å². The highest BCUT2D eigenvalue weighted by molar-refractivity contribution is 5.77. The first-order valence-corrected chi connectivity index (χ1v) is 6.21. The number of hydrogen-bond acceptors (Lipinski definition) is 3. The van der Waals surface area contributed by atoms with Gasteiger partial charge in [-0.05, 0) is 31.4 Å². The summed E-state index contributed by atoms with van der Waals surface area (Å²) in [5.74, 6) is 0.893. The van der Waals surface area contributed by atoms with Crippen LogP contribution in [0.15, 0.2) is 24.3 Å². The van der Waals surface area contributed by atoms with Crippen molar-refractivity contribution in [2.24, 2.45) is 0 Å². The molecule has 2 N–H and O–H groups in total. The van der Waals surface area contributed by atoms with E-state index < -0.39 is 0 Å². The van der Waals surface area contributed by atoms with Gasteiger partial charge in [0.2, 0.25) is 5.95 Å². The summed E-state index contributed by atoms with van der Waals surface area (Å²) in [7, 11) is 0. The lowest BCUT2D eigenvalue weighted by Crippen LogP contribution is -2.42. The molecule has 2 heterocycles. The van der Waals surface area contributed by atoms with E-state index in [4.69, 9.17) is 0 Å². The molecule has 1 aromatic heterocycles. The van der Waals surface area contributed by atoms with Gasteiger partial charge in [-0.3, -0.25) is 0 Å². The maximum Gasteiger partial charge on any atom is 0.204 e. The van der Waals surface area contributed by atoms with E-state index >= 15 is 0 Å². The smallest absolute Gasteiger partial charge is 0.204 e. The predicted molar refractivity (Wildman–Crippen MR) is 68.2 cm³/mol. The molecule has 3 rings (SSSR count). The minimum atomic E-state index is 0.205. The Morgan fingerprint density at radius 3 is 3.06 bits per heavy atom. The number of imidazole rings is 1. The van der Waals surface area contributed by atoms with Crippen molar-refractivity contribution in [1.82, 2.24) is 9.97 Å². The Labute approximate surface area is 100 Å². The van der Waals surface area contributed by atoms with Gasteiger partial charge < -0.3 is 15.0 Å². The Kier molecular flexibility index (Phi) is 2.73. The summed E-state index contributed by atoms with van der Waals surface area (Å²) >= 11 is 0. The van der Waals surface area contributed by atoms with Gasteiger partial charge in [0.1, 0.15) is 0 Å². The van der Waals surface area contributed by atoms with Crippen molar-refractivity contribution in [3.8, 4) is 0 Å². The molecular weight excluding hydrogens is 214 g/mol. The fourth-order valence-corrected chi connectivity index (χ4v) is 2.54. The number of para-hydroxylation sites is 2. The number of nitrogens with one attached hydrogen (secondary N) is 1. The van der Waals surface area contributed by atoms with Crippen molar-refractivity contribution in [2.45, 2.75) is 25.3 Å². The van der Waals surface area contributed by atoms with Crippen LogP contribution in [0.1, 0.15) is 19.3 Å². The van der Waals surface area contributed by atoms with E-state index in [9.17, 15) is 5.11 Å². The van der Waals surface area contributed by atoms with Crippen LogP contribution in [0.25, 0.3) is 11.0 Å². The molecule has 17 heavy (non-hydrogen) atoms. The maximum absolute atomic E-state index is 9.41. The number of aliphatic hydroxyl groups is 1. The van der Waals surface area contributed by atoms with Gasteiger partial charge in [0, 0.05) is 6.54 Å². The summed E-state index contributed by atoms with van der Waals surface area (Å²) in [6.45, 7) is 1.18. The zero-order valence-electron chi connectivity index (χ0n) is 9.76. The number of piperidine rings is 1. The molecule has 1 aromatic carbocycles. The van der Waals surface area contributed by atoms with E-state index in [2.05, 4.69) is 14.9 Å². The number of aliphatic hydroxyl groups excluding tert-OH is 1. The number of nitrogens with zero attached hydrogens (tertiary/aromatic N) is 2. The van der Waals surface area contributed by atoms with Crippen LogP contribution in [-0.4, -0.2) is 34.3 Å². The van der Waals surface area contributed by atoms with Gasteiger partial charge in [0.25, 0.3) is 0 Å². The number of H-pyrrole nitrogens is 1. The molecule has 0 saturated carbocycles. The first kappa shape index (κ1) is 10.6. The highest BCUT2D eigenvalue weighted by Crippen LogP contribution is 2.24. The number of fused-ring (bicyclic) bond motifs is 1. The van der Waals surface area contributed by atoms with Crippen molar-refractivity contribution in [1.29, 1.82) is 0 Å². The largest absolute Gasteiger partial charge is 0.394 e. The van der Waals surface area contributed by atoms with Crippen molar-refractivity contribution >= 4 is 17.0 Å². The lowest BCUT2D eigenvalue weighted by atomic mass is 10.0. The van der Waals surface area contributed by atoms with E-state index in [1.54, 1.807) is 0 Å². The van der Waals surface area contributed by atoms with Crippen LogP contribution in [0.5, 0.6) is 0 Å². The highest BCUT2D eigenvalue weighted by Gasteiger charge is 2.23. The molecule has 4 heteroatoms. The third-order valence-corrected chi connectivity index (χ3v) is 3.49. The minimum Gasteiger partial charge on any atom is -0.394 e. The minimum absolute atomic E-state index is 0.205. The van der Waals surface area contributed by atoms with Gasteiger partial charge >= 0.3 is 0 Å². The van der Waals surface area contributed by atoms with E-state index in [1.165, 1.54) is 12.8 Å². The molecule has 2 aromatic rings. The standard InChI is InChI=1S/C13H17N3O/c17-9-10-5-3-4-8-16(10)13-14-11-6-1-2-7-12(11)15-13/h1-2,6-7,10,17H,3-5,8-9H2,(H,14,15)/t10-/m1/s1. The molecule has 0 bridgehead atoms. The van der Waals surface area contributed by atoms with Crippen molar-refractivity contribution in [2.75, 3.05) is 18.1 Å². The van der Waals surface area contributed by atoms with Crippen molar-refractivity contribution in [3.05, 3.63) is 24.3 Å². The van der Waals surface area contributed by atoms with Gasteiger partial charge in [-0.1, -0.05) is 12.1 Å². The number of rotatable bonds is 2. The fourth-order valence-electron chi connectivity index (χ4n) is 2.54. The summed E-state index contributed by atoms with van der Waals surface area (Å²) in [5.41, 5.74) is 2.05. The van der Waals surface area contributed by atoms with Crippen LogP contribution < -0.4 is 4.90 Å². The van der Waals surface area contributed by atoms with E-state index in [0.29, 0.717) is 0 Å². The third kappa shape index (κ3) is 1.89. The molecule has 90 valence electrons. The number of anilines is 1. The molecule has 1 saturated heterocycles. The molecule has 0 aliphatic carbocycles. The molecule has 1 fully saturated rings. The second-order valence-electron chi connectivity index (χ2n) is 4.60. The van der Waals surface area contributed by atoms with Crippen molar-refractivity contribution in [3.63, 3.8) is 0 Å². The van der Waals surface area contributed by atoms with Crippen LogP contribution in [0.2, 0.25) is 0 Å². The molecule has 0 radical (unpaired) electrons. The zero-order chi connectivity index (χ0) is 11.7. The topological polar surface area (TPSA) is 52.1 Å². The molecular formula is C13H17N3O. The zero-order valence-corrected chi connectivity index (χ0v) is 9.76. The molecule has 0 amide bonds. The summed E-state index contributed by atoms with van der Waals surface area (Å²) in [4.78, 5) is 10.1. The Morgan fingerprint density at radius 2 is 2.24 bits per heavy atom. The van der Waals surface area contributed by atoms with E-state index in [1.807, 2.05) is 24.3 Å². The summed E-state index contributed by atoms with van der Waals surface area (Å²) in [5, 5.41) is 9.41. The molecule has 0 spiro atoms. The molecule has 1 atom stereocenters. The van der Waals surface area contributed by atoms with Gasteiger partial charge in [-0.15, -0.1) is 0 Å². The average molecular weight is 231 g/mol. The predicted octanol–water partition coefficient (Wildman–Crippen LogP) is 1.91. The van der Waals surface area contributed by atoms with Crippen LogP contribution >= 0.6 is 0 Å². The Bertz CT molecular complexity index is 475. The quantitative estimate of drug-likeness (QED) is 0.830. The molecule has 1 aliphatic rings. The Balaban J connectivity index is 1.96. The summed E-state index contributed by atoms with van der Waals surface area (Å²) in [6, 6.07) is 8.25. The second kappa shape index (κ2) is 4.37. The third-order valence-electron chi connectivity index (χ3n) is 3.49. The van der Waals surface area contributed by atoms with Crippen LogP contribution in [0, 0.1) is 0 Å². The van der Waals surface area contributed by atoms with Gasteiger partial charge in [-0.2, -0.15) is 0 Å². The first-order valence-electron chi connectivity index (χ1n) is 6.21.